The summed E-state index contributed by atoms with van der Waals surface area (Å²) in [5.74, 6) is -0.140. The van der Waals surface area contributed by atoms with E-state index in [1.54, 1.807) is 17.4 Å². The van der Waals surface area contributed by atoms with E-state index in [0.717, 1.165) is 13.0 Å². The van der Waals surface area contributed by atoms with Gasteiger partial charge >= 0.3 is 0 Å². The van der Waals surface area contributed by atoms with Gasteiger partial charge in [0.25, 0.3) is 0 Å². The van der Waals surface area contributed by atoms with Crippen LogP contribution in [0.15, 0.2) is 29.0 Å². The molecule has 3 heterocycles. The highest BCUT2D eigenvalue weighted by atomic mass is 32.1. The van der Waals surface area contributed by atoms with Crippen LogP contribution in [-0.4, -0.2) is 35.6 Å². The Morgan fingerprint density at radius 1 is 1.15 bits per heavy atom. The number of amides is 2. The van der Waals surface area contributed by atoms with Crippen LogP contribution < -0.4 is 5.32 Å². The molecular formula is C19H22N2O3S2. The van der Waals surface area contributed by atoms with Crippen molar-refractivity contribution in [2.24, 2.45) is 0 Å². The van der Waals surface area contributed by atoms with Crippen molar-refractivity contribution in [2.75, 3.05) is 13.1 Å². The van der Waals surface area contributed by atoms with Gasteiger partial charge in [-0.15, -0.1) is 22.7 Å². The second-order valence-corrected chi connectivity index (χ2v) is 8.26. The van der Waals surface area contributed by atoms with Crippen LogP contribution in [0, 0.1) is 0 Å². The summed E-state index contributed by atoms with van der Waals surface area (Å²) in [6, 6.07) is 5.78. The Bertz CT molecular complexity index is 783. The zero-order chi connectivity index (χ0) is 18.5. The second-order valence-electron chi connectivity index (χ2n) is 6.31. The first-order valence-electron chi connectivity index (χ1n) is 8.75. The fourth-order valence-corrected chi connectivity index (χ4v) is 4.84. The lowest BCUT2D eigenvalue weighted by Gasteiger charge is -2.33. The molecule has 0 aliphatic carbocycles. The van der Waals surface area contributed by atoms with Crippen molar-refractivity contribution in [3.63, 3.8) is 0 Å². The van der Waals surface area contributed by atoms with Crippen LogP contribution in [0.5, 0.6) is 0 Å². The Labute approximate surface area is 161 Å². The number of rotatable bonds is 7. The van der Waals surface area contributed by atoms with Gasteiger partial charge in [0.1, 0.15) is 0 Å². The maximum Gasteiger partial charge on any atom is 0.224 e. The van der Waals surface area contributed by atoms with E-state index in [9.17, 15) is 14.4 Å². The molecule has 1 atom stereocenters. The van der Waals surface area contributed by atoms with E-state index in [-0.39, 0.29) is 42.9 Å². The number of nitrogens with zero attached hydrogens (tertiary/aromatic N) is 1. The molecule has 5 nitrogen and oxygen atoms in total. The van der Waals surface area contributed by atoms with E-state index < -0.39 is 0 Å². The molecule has 138 valence electrons. The molecule has 0 bridgehead atoms. The molecule has 26 heavy (non-hydrogen) atoms. The third-order valence-corrected chi connectivity index (χ3v) is 6.54. The summed E-state index contributed by atoms with van der Waals surface area (Å²) in [6.07, 6.45) is 1.54. The fraction of sp³-hybridized carbons (Fsp3) is 0.421. The van der Waals surface area contributed by atoms with Crippen molar-refractivity contribution < 1.29 is 14.4 Å². The summed E-state index contributed by atoms with van der Waals surface area (Å²) < 4.78 is 0. The maximum atomic E-state index is 12.5. The molecule has 0 saturated carbocycles. The van der Waals surface area contributed by atoms with Crippen LogP contribution >= 0.6 is 22.7 Å². The first kappa shape index (κ1) is 18.8. The number of hydrogen-bond acceptors (Lipinski definition) is 5. The molecule has 0 spiro atoms. The molecular weight excluding hydrogens is 368 g/mol. The molecule has 0 saturated heterocycles. The molecule has 7 heteroatoms. The zero-order valence-electron chi connectivity index (χ0n) is 14.7. The lowest BCUT2D eigenvalue weighted by atomic mass is 10.0. The summed E-state index contributed by atoms with van der Waals surface area (Å²) >= 11 is 3.14. The highest BCUT2D eigenvalue weighted by Gasteiger charge is 2.27. The fourth-order valence-electron chi connectivity index (χ4n) is 3.18. The molecule has 2 aromatic heterocycles. The Kier molecular flexibility index (Phi) is 6.21. The van der Waals surface area contributed by atoms with Crippen LogP contribution in [0.4, 0.5) is 0 Å². The van der Waals surface area contributed by atoms with E-state index in [1.165, 1.54) is 21.8 Å². The summed E-state index contributed by atoms with van der Waals surface area (Å²) in [6.45, 7) is 3.10. The van der Waals surface area contributed by atoms with Crippen molar-refractivity contribution >= 4 is 40.3 Å². The summed E-state index contributed by atoms with van der Waals surface area (Å²) in [4.78, 5) is 40.2. The minimum Gasteiger partial charge on any atom is -0.356 e. The minimum atomic E-state index is -0.186. The highest BCUT2D eigenvalue weighted by molar-refractivity contribution is 7.12. The Balaban J connectivity index is 1.38. The molecule has 2 aromatic rings. The lowest BCUT2D eigenvalue weighted by molar-refractivity contribution is -0.133. The van der Waals surface area contributed by atoms with Gasteiger partial charge in [0.05, 0.1) is 10.9 Å². The zero-order valence-corrected chi connectivity index (χ0v) is 16.3. The van der Waals surface area contributed by atoms with Crippen LogP contribution in [-0.2, 0) is 16.0 Å². The van der Waals surface area contributed by atoms with Gasteiger partial charge in [-0.1, -0.05) is 6.07 Å². The van der Waals surface area contributed by atoms with E-state index in [4.69, 9.17) is 0 Å². The number of fused-ring (bicyclic) bond motifs is 1. The van der Waals surface area contributed by atoms with E-state index in [0.29, 0.717) is 11.4 Å². The van der Waals surface area contributed by atoms with Gasteiger partial charge < -0.3 is 10.2 Å². The molecule has 1 N–H and O–H groups in total. The molecule has 0 aromatic carbocycles. The molecule has 3 rings (SSSR count). The van der Waals surface area contributed by atoms with Crippen molar-refractivity contribution in [2.45, 2.75) is 38.6 Å². The van der Waals surface area contributed by atoms with E-state index >= 15 is 0 Å². The molecule has 2 amide bonds. The SMILES string of the molecule is CC1c2ccsc2CCN1C(=O)CCNC(=O)CCC(=O)c1cccs1. The number of thiophene rings is 2. The summed E-state index contributed by atoms with van der Waals surface area (Å²) in [5, 5.41) is 6.67. The van der Waals surface area contributed by atoms with Gasteiger partial charge in [0.15, 0.2) is 5.78 Å². The Morgan fingerprint density at radius 3 is 2.77 bits per heavy atom. The highest BCUT2D eigenvalue weighted by Crippen LogP contribution is 2.32. The first-order valence-corrected chi connectivity index (χ1v) is 10.5. The number of carbonyl (C=O) groups is 3. The van der Waals surface area contributed by atoms with E-state index in [1.807, 2.05) is 16.3 Å². The smallest absolute Gasteiger partial charge is 0.224 e. The largest absolute Gasteiger partial charge is 0.356 e. The molecule has 1 aliphatic rings. The molecule has 1 unspecified atom stereocenters. The Hall–Kier alpha value is -1.99. The van der Waals surface area contributed by atoms with Crippen molar-refractivity contribution in [3.05, 3.63) is 44.3 Å². The normalized spacial score (nSPS) is 16.2. The predicted molar refractivity (Wildman–Crippen MR) is 104 cm³/mol. The number of Topliss-reactive ketones (excluding diaryl/α,β-unsaturated/α-hetero) is 1. The summed E-state index contributed by atoms with van der Waals surface area (Å²) in [5.41, 5.74) is 1.24. The van der Waals surface area contributed by atoms with E-state index in [2.05, 4.69) is 23.7 Å². The van der Waals surface area contributed by atoms with Gasteiger partial charge in [0.2, 0.25) is 11.8 Å². The average molecular weight is 391 g/mol. The summed E-state index contributed by atoms with van der Waals surface area (Å²) in [7, 11) is 0. The number of carbonyl (C=O) groups excluding carboxylic acids is 3. The standard InChI is InChI=1S/C19H22N2O3S2/c1-13-14-8-12-26-16(14)7-10-21(13)19(24)6-9-20-18(23)5-4-15(22)17-3-2-11-25-17/h2-3,8,11-13H,4-7,9-10H2,1H3,(H,20,23). The van der Waals surface area contributed by atoms with Crippen LogP contribution in [0.2, 0.25) is 0 Å². The number of nitrogens with one attached hydrogen (secondary N) is 1. The monoisotopic (exact) mass is 390 g/mol. The van der Waals surface area contributed by atoms with Gasteiger partial charge in [-0.3, -0.25) is 14.4 Å². The van der Waals surface area contributed by atoms with Crippen LogP contribution in [0.3, 0.4) is 0 Å². The van der Waals surface area contributed by atoms with Crippen molar-refractivity contribution in [1.82, 2.24) is 10.2 Å². The van der Waals surface area contributed by atoms with Crippen LogP contribution in [0.1, 0.15) is 52.3 Å². The average Bonchev–Trinajstić information content (AvgIpc) is 3.31. The third-order valence-electron chi connectivity index (χ3n) is 4.63. The van der Waals surface area contributed by atoms with Gasteiger partial charge in [-0.2, -0.15) is 0 Å². The second kappa shape index (κ2) is 8.60. The van der Waals surface area contributed by atoms with Crippen LogP contribution in [0.25, 0.3) is 0 Å². The first-order chi connectivity index (χ1) is 12.6. The predicted octanol–water partition coefficient (Wildman–Crippen LogP) is 3.42. The van der Waals surface area contributed by atoms with Crippen molar-refractivity contribution in [3.8, 4) is 0 Å². The van der Waals surface area contributed by atoms with Gasteiger partial charge in [-0.05, 0) is 41.8 Å². The lowest BCUT2D eigenvalue weighted by Crippen LogP contribution is -2.40. The molecule has 1 aliphatic heterocycles. The molecule has 0 fully saturated rings. The Morgan fingerprint density at radius 2 is 2.00 bits per heavy atom. The van der Waals surface area contributed by atoms with Gasteiger partial charge in [-0.25, -0.2) is 0 Å². The van der Waals surface area contributed by atoms with Gasteiger partial charge in [0, 0.05) is 37.2 Å². The minimum absolute atomic E-state index is 0.0139. The van der Waals surface area contributed by atoms with Crippen molar-refractivity contribution in [1.29, 1.82) is 0 Å². The number of ketones is 1. The topological polar surface area (TPSA) is 66.5 Å². The number of hydrogen-bond donors (Lipinski definition) is 1. The third kappa shape index (κ3) is 4.40. The molecule has 0 radical (unpaired) electrons. The quantitative estimate of drug-likeness (QED) is 0.737. The maximum absolute atomic E-state index is 12.5.